The van der Waals surface area contributed by atoms with Crippen LogP contribution >= 0.6 is 11.5 Å². The summed E-state index contributed by atoms with van der Waals surface area (Å²) in [6.45, 7) is 1.95. The number of para-hydroxylation sites is 1. The van der Waals surface area contributed by atoms with Crippen LogP contribution in [-0.2, 0) is 13.0 Å². The van der Waals surface area contributed by atoms with Gasteiger partial charge in [0.1, 0.15) is 5.00 Å². The number of hydrogen-bond donors (Lipinski definition) is 1. The fourth-order valence-electron chi connectivity index (χ4n) is 2.16. The fourth-order valence-corrected chi connectivity index (χ4v) is 2.69. The average Bonchev–Trinajstić information content (AvgIpc) is 2.88. The third-order valence-corrected chi connectivity index (χ3v) is 3.69. The quantitative estimate of drug-likeness (QED) is 0.862. The van der Waals surface area contributed by atoms with Crippen LogP contribution in [0.1, 0.15) is 11.1 Å². The van der Waals surface area contributed by atoms with Crippen molar-refractivity contribution in [2.24, 2.45) is 0 Å². The Bertz CT molecular complexity index is 506. The Morgan fingerprint density at radius 1 is 1.38 bits per heavy atom. The maximum atomic E-state index is 5.87. The molecule has 1 aliphatic heterocycles. The molecule has 0 saturated heterocycles. The first-order valence-electron chi connectivity index (χ1n) is 5.36. The molecule has 0 spiro atoms. The molecule has 2 N–H and O–H groups in total. The molecule has 0 unspecified atom stereocenters. The van der Waals surface area contributed by atoms with Crippen LogP contribution in [0.25, 0.3) is 0 Å². The third kappa shape index (κ3) is 1.55. The topological polar surface area (TPSA) is 42.1 Å². The summed E-state index contributed by atoms with van der Waals surface area (Å²) >= 11 is 1.37. The van der Waals surface area contributed by atoms with E-state index < -0.39 is 0 Å². The van der Waals surface area contributed by atoms with Gasteiger partial charge in [-0.05, 0) is 29.6 Å². The highest BCUT2D eigenvalue weighted by molar-refractivity contribution is 7.10. The van der Waals surface area contributed by atoms with Crippen molar-refractivity contribution in [3.05, 3.63) is 41.6 Å². The molecule has 4 heteroatoms. The predicted octanol–water partition coefficient (Wildman–Crippen LogP) is 2.29. The first-order chi connectivity index (χ1) is 7.84. The molecular weight excluding hydrogens is 218 g/mol. The highest BCUT2D eigenvalue weighted by Gasteiger charge is 2.19. The monoisotopic (exact) mass is 231 g/mol. The Hall–Kier alpha value is -1.55. The van der Waals surface area contributed by atoms with E-state index in [9.17, 15) is 0 Å². The number of rotatable bonds is 2. The Kier molecular flexibility index (Phi) is 2.29. The molecule has 2 aromatic rings. The molecule has 0 amide bonds. The molecule has 82 valence electrons. The lowest BCUT2D eigenvalue weighted by molar-refractivity contribution is 0.838. The number of nitrogen functional groups attached to an aromatic ring is 1. The molecule has 0 bridgehead atoms. The van der Waals surface area contributed by atoms with Gasteiger partial charge in [-0.15, -0.1) is 0 Å². The minimum absolute atomic E-state index is 0.837. The summed E-state index contributed by atoms with van der Waals surface area (Å²) in [5.41, 5.74) is 9.78. The Labute approximate surface area is 98.7 Å². The summed E-state index contributed by atoms with van der Waals surface area (Å²) in [5, 5.41) is 0.837. The minimum Gasteiger partial charge on any atom is -0.389 e. The predicted molar refractivity (Wildman–Crippen MR) is 67.7 cm³/mol. The molecule has 1 aliphatic rings. The van der Waals surface area contributed by atoms with Crippen molar-refractivity contribution >= 4 is 22.2 Å². The molecule has 16 heavy (non-hydrogen) atoms. The summed E-state index contributed by atoms with van der Waals surface area (Å²) in [5.74, 6) is 0. The van der Waals surface area contributed by atoms with Gasteiger partial charge in [0.05, 0.1) is 0 Å². The van der Waals surface area contributed by atoms with E-state index in [0.29, 0.717) is 0 Å². The van der Waals surface area contributed by atoms with Crippen molar-refractivity contribution in [2.45, 2.75) is 13.0 Å². The SMILES string of the molecule is Nc1sncc1CN1CCc2ccccc21. The van der Waals surface area contributed by atoms with Gasteiger partial charge in [0.25, 0.3) is 0 Å². The van der Waals surface area contributed by atoms with Gasteiger partial charge in [0.15, 0.2) is 0 Å². The van der Waals surface area contributed by atoms with E-state index in [0.717, 1.165) is 30.1 Å². The van der Waals surface area contributed by atoms with Crippen LogP contribution in [0, 0.1) is 0 Å². The molecular formula is C12H13N3S. The van der Waals surface area contributed by atoms with Crippen molar-refractivity contribution in [2.75, 3.05) is 17.2 Å². The van der Waals surface area contributed by atoms with Gasteiger partial charge >= 0.3 is 0 Å². The standard InChI is InChI=1S/C12H13N3S/c13-12-10(7-14-16-12)8-15-6-5-9-3-1-2-4-11(9)15/h1-4,7H,5-6,8,13H2. The fraction of sp³-hybridized carbons (Fsp3) is 0.250. The summed E-state index contributed by atoms with van der Waals surface area (Å²) in [6.07, 6.45) is 3.01. The molecule has 2 heterocycles. The molecule has 1 aromatic carbocycles. The van der Waals surface area contributed by atoms with Crippen molar-refractivity contribution in [3.8, 4) is 0 Å². The number of hydrogen-bond acceptors (Lipinski definition) is 4. The number of aromatic nitrogens is 1. The zero-order valence-electron chi connectivity index (χ0n) is 8.89. The Morgan fingerprint density at radius 3 is 3.06 bits per heavy atom. The molecule has 0 aliphatic carbocycles. The van der Waals surface area contributed by atoms with Crippen molar-refractivity contribution in [3.63, 3.8) is 0 Å². The molecule has 1 aromatic heterocycles. The lowest BCUT2D eigenvalue weighted by atomic mass is 10.2. The zero-order chi connectivity index (χ0) is 11.0. The summed E-state index contributed by atoms with van der Waals surface area (Å²) in [4.78, 5) is 2.37. The molecule has 0 atom stereocenters. The van der Waals surface area contributed by atoms with Gasteiger partial charge < -0.3 is 10.6 Å². The van der Waals surface area contributed by atoms with E-state index in [1.165, 1.54) is 22.8 Å². The first-order valence-corrected chi connectivity index (χ1v) is 6.14. The number of fused-ring (bicyclic) bond motifs is 1. The van der Waals surface area contributed by atoms with Gasteiger partial charge in [0.2, 0.25) is 0 Å². The summed E-state index contributed by atoms with van der Waals surface area (Å²) in [6, 6.07) is 8.57. The molecule has 0 fully saturated rings. The highest BCUT2D eigenvalue weighted by Crippen LogP contribution is 2.30. The molecule has 3 nitrogen and oxygen atoms in total. The second-order valence-corrected chi connectivity index (χ2v) is 4.85. The minimum atomic E-state index is 0.837. The normalized spacial score (nSPS) is 14.1. The second-order valence-electron chi connectivity index (χ2n) is 4.02. The van der Waals surface area contributed by atoms with E-state index in [2.05, 4.69) is 33.5 Å². The van der Waals surface area contributed by atoms with E-state index >= 15 is 0 Å². The number of nitrogens with two attached hydrogens (primary N) is 1. The zero-order valence-corrected chi connectivity index (χ0v) is 9.70. The molecule has 0 radical (unpaired) electrons. The second kappa shape index (κ2) is 3.79. The Morgan fingerprint density at radius 2 is 2.25 bits per heavy atom. The van der Waals surface area contributed by atoms with Crippen LogP contribution in [0.5, 0.6) is 0 Å². The van der Waals surface area contributed by atoms with E-state index in [1.807, 2.05) is 6.20 Å². The largest absolute Gasteiger partial charge is 0.389 e. The lowest BCUT2D eigenvalue weighted by Gasteiger charge is -2.18. The Balaban J connectivity index is 1.86. The van der Waals surface area contributed by atoms with Crippen LogP contribution in [0.15, 0.2) is 30.5 Å². The van der Waals surface area contributed by atoms with Gasteiger partial charge in [-0.25, -0.2) is 0 Å². The third-order valence-electron chi connectivity index (χ3n) is 3.02. The van der Waals surface area contributed by atoms with Gasteiger partial charge in [-0.2, -0.15) is 4.37 Å². The lowest BCUT2D eigenvalue weighted by Crippen LogP contribution is -2.19. The van der Waals surface area contributed by atoms with E-state index in [-0.39, 0.29) is 0 Å². The van der Waals surface area contributed by atoms with Crippen LogP contribution in [0.3, 0.4) is 0 Å². The number of nitrogens with zero attached hydrogens (tertiary/aromatic N) is 2. The first kappa shape index (κ1) is 9.66. The van der Waals surface area contributed by atoms with Crippen LogP contribution in [0.2, 0.25) is 0 Å². The molecule has 0 saturated carbocycles. The van der Waals surface area contributed by atoms with Gasteiger partial charge in [-0.3, -0.25) is 0 Å². The van der Waals surface area contributed by atoms with Crippen LogP contribution in [0.4, 0.5) is 10.7 Å². The van der Waals surface area contributed by atoms with Crippen LogP contribution < -0.4 is 10.6 Å². The van der Waals surface area contributed by atoms with E-state index in [1.54, 1.807) is 0 Å². The van der Waals surface area contributed by atoms with Gasteiger partial charge in [-0.1, -0.05) is 18.2 Å². The van der Waals surface area contributed by atoms with Crippen molar-refractivity contribution < 1.29 is 0 Å². The summed E-state index contributed by atoms with van der Waals surface area (Å²) < 4.78 is 4.11. The maximum Gasteiger partial charge on any atom is 0.111 e. The van der Waals surface area contributed by atoms with E-state index in [4.69, 9.17) is 5.73 Å². The number of anilines is 2. The number of benzene rings is 1. The highest BCUT2D eigenvalue weighted by atomic mass is 32.1. The van der Waals surface area contributed by atoms with Gasteiger partial charge in [0, 0.05) is 30.5 Å². The molecule has 3 rings (SSSR count). The maximum absolute atomic E-state index is 5.87. The van der Waals surface area contributed by atoms with Crippen LogP contribution in [-0.4, -0.2) is 10.9 Å². The average molecular weight is 231 g/mol. The van der Waals surface area contributed by atoms with Crippen molar-refractivity contribution in [1.29, 1.82) is 0 Å². The summed E-state index contributed by atoms with van der Waals surface area (Å²) in [7, 11) is 0. The van der Waals surface area contributed by atoms with Crippen molar-refractivity contribution in [1.82, 2.24) is 4.37 Å². The smallest absolute Gasteiger partial charge is 0.111 e.